The second-order valence-electron chi connectivity index (χ2n) is 4.81. The third-order valence-corrected chi connectivity index (χ3v) is 3.31. The number of nitrogens with two attached hydrogens (primary N) is 1. The zero-order valence-electron chi connectivity index (χ0n) is 12.6. The lowest BCUT2D eigenvalue weighted by atomic mass is 10.2. The summed E-state index contributed by atoms with van der Waals surface area (Å²) in [5.41, 5.74) is 7.05. The van der Waals surface area contributed by atoms with E-state index in [0.717, 1.165) is 5.69 Å². The van der Waals surface area contributed by atoms with Crippen molar-refractivity contribution in [3.63, 3.8) is 0 Å². The molecule has 0 saturated carbocycles. The zero-order valence-corrected chi connectivity index (χ0v) is 13.4. The van der Waals surface area contributed by atoms with Crippen LogP contribution in [0.2, 0.25) is 0 Å². The van der Waals surface area contributed by atoms with Gasteiger partial charge in [0.2, 0.25) is 0 Å². The zero-order chi connectivity index (χ0) is 15.5. The van der Waals surface area contributed by atoms with E-state index >= 15 is 0 Å². The van der Waals surface area contributed by atoms with Crippen LogP contribution in [0.25, 0.3) is 5.69 Å². The molecule has 3 N–H and O–H groups in total. The number of carbonyl (C=O) groups excluding carboxylic acids is 1. The Morgan fingerprint density at radius 3 is 2.83 bits per heavy atom. The van der Waals surface area contributed by atoms with Gasteiger partial charge in [-0.25, -0.2) is 4.68 Å². The smallest absolute Gasteiger partial charge is 0.273 e. The predicted octanol–water partition coefficient (Wildman–Crippen LogP) is 0.457. The van der Waals surface area contributed by atoms with Crippen LogP contribution in [0.5, 0.6) is 11.5 Å². The highest BCUT2D eigenvalue weighted by atomic mass is 35.5. The number of rotatable bonds is 4. The molecule has 8 nitrogen and oxygen atoms in total. The third kappa shape index (κ3) is 3.38. The topological polar surface area (TPSA) is 104 Å². The molecule has 1 amide bonds. The molecule has 1 aromatic carbocycles. The number of carbonyl (C=O) groups is 1. The van der Waals surface area contributed by atoms with Gasteiger partial charge >= 0.3 is 0 Å². The van der Waals surface area contributed by atoms with Crippen molar-refractivity contribution in [2.45, 2.75) is 6.92 Å². The van der Waals surface area contributed by atoms with Crippen LogP contribution < -0.4 is 20.5 Å². The number of nitrogens with zero attached hydrogens (tertiary/aromatic N) is 3. The highest BCUT2D eigenvalue weighted by Gasteiger charge is 2.18. The average Bonchev–Trinajstić information content (AvgIpc) is 2.94. The first-order valence-corrected chi connectivity index (χ1v) is 7.01. The van der Waals surface area contributed by atoms with Gasteiger partial charge in [0.05, 0.1) is 11.4 Å². The minimum Gasteiger partial charge on any atom is -0.486 e. The number of halogens is 1. The van der Waals surface area contributed by atoms with Crippen molar-refractivity contribution in [2.24, 2.45) is 5.73 Å². The Hall–Kier alpha value is -2.32. The summed E-state index contributed by atoms with van der Waals surface area (Å²) in [6.07, 6.45) is 0. The molecular formula is C14H18ClN5O3. The molecule has 2 aromatic rings. The maximum Gasteiger partial charge on any atom is 0.273 e. The summed E-state index contributed by atoms with van der Waals surface area (Å²) in [6, 6.07) is 5.48. The molecule has 9 heteroatoms. The number of ether oxygens (including phenoxy) is 2. The Labute approximate surface area is 139 Å². The molecule has 0 aliphatic carbocycles. The van der Waals surface area contributed by atoms with E-state index in [2.05, 4.69) is 15.6 Å². The lowest BCUT2D eigenvalue weighted by Crippen LogP contribution is -2.29. The molecule has 3 rings (SSSR count). The van der Waals surface area contributed by atoms with Gasteiger partial charge in [0.15, 0.2) is 17.2 Å². The summed E-state index contributed by atoms with van der Waals surface area (Å²) in [5, 5.41) is 10.7. The van der Waals surface area contributed by atoms with E-state index in [1.165, 1.54) is 0 Å². The molecule has 0 unspecified atom stereocenters. The minimum absolute atomic E-state index is 0. The summed E-state index contributed by atoms with van der Waals surface area (Å²) >= 11 is 0. The highest BCUT2D eigenvalue weighted by molar-refractivity contribution is 5.93. The third-order valence-electron chi connectivity index (χ3n) is 3.31. The number of fused-ring (bicyclic) bond motifs is 1. The van der Waals surface area contributed by atoms with Crippen LogP contribution in [-0.2, 0) is 0 Å². The van der Waals surface area contributed by atoms with Crippen LogP contribution in [0.3, 0.4) is 0 Å². The van der Waals surface area contributed by atoms with Gasteiger partial charge in [-0.2, -0.15) is 0 Å². The first-order chi connectivity index (χ1) is 10.7. The molecule has 1 aliphatic rings. The lowest BCUT2D eigenvalue weighted by Gasteiger charge is -2.18. The summed E-state index contributed by atoms with van der Waals surface area (Å²) in [5.74, 6) is 1.08. The first kappa shape index (κ1) is 17.0. The van der Waals surface area contributed by atoms with Crippen molar-refractivity contribution in [3.05, 3.63) is 29.6 Å². The Balaban J connectivity index is 0.00000192. The molecule has 1 aromatic heterocycles. The largest absolute Gasteiger partial charge is 0.486 e. The molecule has 0 saturated heterocycles. The van der Waals surface area contributed by atoms with Gasteiger partial charge in [0.1, 0.15) is 13.2 Å². The van der Waals surface area contributed by atoms with E-state index in [1.54, 1.807) is 11.6 Å². The summed E-state index contributed by atoms with van der Waals surface area (Å²) in [6.45, 7) is 3.62. The van der Waals surface area contributed by atoms with Crippen LogP contribution in [0, 0.1) is 6.92 Å². The first-order valence-electron chi connectivity index (χ1n) is 7.01. The van der Waals surface area contributed by atoms with Gasteiger partial charge in [0, 0.05) is 19.2 Å². The van der Waals surface area contributed by atoms with E-state index in [4.69, 9.17) is 15.2 Å². The van der Waals surface area contributed by atoms with Crippen molar-refractivity contribution >= 4 is 18.3 Å². The number of nitrogens with one attached hydrogen (secondary N) is 1. The summed E-state index contributed by atoms with van der Waals surface area (Å²) < 4.78 is 12.6. The molecule has 1 aliphatic heterocycles. The molecule has 23 heavy (non-hydrogen) atoms. The van der Waals surface area contributed by atoms with Gasteiger partial charge in [0.25, 0.3) is 5.91 Å². The van der Waals surface area contributed by atoms with Crippen molar-refractivity contribution < 1.29 is 14.3 Å². The van der Waals surface area contributed by atoms with E-state index in [0.29, 0.717) is 43.5 Å². The van der Waals surface area contributed by atoms with Crippen molar-refractivity contribution in [3.8, 4) is 17.2 Å². The van der Waals surface area contributed by atoms with Gasteiger partial charge in [-0.1, -0.05) is 5.21 Å². The minimum atomic E-state index is -0.285. The average molecular weight is 340 g/mol. The van der Waals surface area contributed by atoms with E-state index in [1.807, 2.05) is 18.2 Å². The molecular weight excluding hydrogens is 322 g/mol. The number of hydrogen-bond donors (Lipinski definition) is 2. The van der Waals surface area contributed by atoms with Crippen molar-refractivity contribution in [1.82, 2.24) is 20.3 Å². The SMILES string of the molecule is Cc1c(C(=O)NCCN)nnn1-c1ccc2c(c1)OCCO2.Cl. The number of hydrogen-bond acceptors (Lipinski definition) is 6. The van der Waals surface area contributed by atoms with Gasteiger partial charge < -0.3 is 20.5 Å². The Kier molecular flexibility index (Phi) is 5.41. The van der Waals surface area contributed by atoms with Crippen molar-refractivity contribution in [2.75, 3.05) is 26.3 Å². The van der Waals surface area contributed by atoms with Crippen molar-refractivity contribution in [1.29, 1.82) is 0 Å². The summed E-state index contributed by atoms with van der Waals surface area (Å²) in [7, 11) is 0. The maximum atomic E-state index is 12.0. The quantitative estimate of drug-likeness (QED) is 0.838. The Morgan fingerprint density at radius 1 is 1.35 bits per heavy atom. The fraction of sp³-hybridized carbons (Fsp3) is 0.357. The Bertz CT molecular complexity index is 704. The fourth-order valence-electron chi connectivity index (χ4n) is 2.22. The fourth-order valence-corrected chi connectivity index (χ4v) is 2.22. The standard InChI is InChI=1S/C14H17N5O3.ClH/c1-9-13(14(20)16-5-4-15)17-18-19(9)10-2-3-11-12(8-10)22-7-6-21-11;/h2-3,8H,4-7,15H2,1H3,(H,16,20);1H. The van der Waals surface area contributed by atoms with Crippen LogP contribution in [-0.4, -0.2) is 47.2 Å². The molecule has 0 atom stereocenters. The number of aromatic nitrogens is 3. The molecule has 2 heterocycles. The summed E-state index contributed by atoms with van der Waals surface area (Å²) in [4.78, 5) is 12.0. The molecule has 0 fully saturated rings. The van der Waals surface area contributed by atoms with Crippen LogP contribution >= 0.6 is 12.4 Å². The number of benzene rings is 1. The number of amides is 1. The van der Waals surface area contributed by atoms with Gasteiger partial charge in [-0.3, -0.25) is 4.79 Å². The van der Waals surface area contributed by atoms with Crippen LogP contribution in [0.15, 0.2) is 18.2 Å². The monoisotopic (exact) mass is 339 g/mol. The maximum absolute atomic E-state index is 12.0. The van der Waals surface area contributed by atoms with Crippen LogP contribution in [0.4, 0.5) is 0 Å². The predicted molar refractivity (Wildman–Crippen MR) is 85.7 cm³/mol. The highest BCUT2D eigenvalue weighted by Crippen LogP contribution is 2.32. The van der Waals surface area contributed by atoms with Gasteiger partial charge in [-0.05, 0) is 19.1 Å². The molecule has 0 spiro atoms. The molecule has 0 radical (unpaired) electrons. The van der Waals surface area contributed by atoms with E-state index in [9.17, 15) is 4.79 Å². The van der Waals surface area contributed by atoms with Crippen LogP contribution in [0.1, 0.15) is 16.2 Å². The second kappa shape index (κ2) is 7.30. The van der Waals surface area contributed by atoms with E-state index in [-0.39, 0.29) is 24.0 Å². The molecule has 0 bridgehead atoms. The second-order valence-corrected chi connectivity index (χ2v) is 4.81. The lowest BCUT2D eigenvalue weighted by molar-refractivity contribution is 0.0949. The molecule has 124 valence electrons. The normalized spacial score (nSPS) is 12.4. The van der Waals surface area contributed by atoms with Gasteiger partial charge in [-0.15, -0.1) is 17.5 Å². The van der Waals surface area contributed by atoms with E-state index < -0.39 is 0 Å². The Morgan fingerprint density at radius 2 is 2.09 bits per heavy atom.